The van der Waals surface area contributed by atoms with Crippen molar-refractivity contribution in [1.82, 2.24) is 30.7 Å². The van der Waals surface area contributed by atoms with Crippen molar-refractivity contribution in [2.45, 2.75) is 46.4 Å². The lowest BCUT2D eigenvalue weighted by Gasteiger charge is -2.37. The quantitative estimate of drug-likeness (QED) is 0.290. The molecular formula is C28H39N7OS2. The van der Waals surface area contributed by atoms with Crippen molar-refractivity contribution in [3.8, 4) is 22.6 Å². The van der Waals surface area contributed by atoms with E-state index in [2.05, 4.69) is 70.6 Å². The SMILES string of the molecule is CNCCNCc1cccc(-c2nc(-c3c(C)noc3C)c(C)c(N3CCN(C(=S)SC(C)C)CC3)n2)c1. The van der Waals surface area contributed by atoms with Gasteiger partial charge >= 0.3 is 0 Å². The molecule has 204 valence electrons. The first-order valence-electron chi connectivity index (χ1n) is 13.3. The summed E-state index contributed by atoms with van der Waals surface area (Å²) in [5.41, 5.74) is 5.91. The minimum absolute atomic E-state index is 0.485. The molecule has 1 aromatic carbocycles. The smallest absolute Gasteiger partial charge is 0.162 e. The van der Waals surface area contributed by atoms with Crippen LogP contribution in [0.3, 0.4) is 0 Å². The van der Waals surface area contributed by atoms with Gasteiger partial charge in [0.2, 0.25) is 0 Å². The summed E-state index contributed by atoms with van der Waals surface area (Å²) < 4.78 is 6.51. The van der Waals surface area contributed by atoms with Gasteiger partial charge in [-0.3, -0.25) is 0 Å². The molecule has 1 fully saturated rings. The highest BCUT2D eigenvalue weighted by molar-refractivity contribution is 8.23. The van der Waals surface area contributed by atoms with Gasteiger partial charge in [0.25, 0.3) is 0 Å². The Bertz CT molecular complexity index is 1230. The van der Waals surface area contributed by atoms with Gasteiger partial charge in [-0.2, -0.15) is 0 Å². The lowest BCUT2D eigenvalue weighted by Crippen LogP contribution is -2.48. The average molecular weight is 554 g/mol. The third-order valence-electron chi connectivity index (χ3n) is 6.63. The normalized spacial score (nSPS) is 14.0. The van der Waals surface area contributed by atoms with Crippen LogP contribution in [-0.4, -0.2) is 75.9 Å². The van der Waals surface area contributed by atoms with Crippen LogP contribution in [0.1, 0.15) is 36.4 Å². The summed E-state index contributed by atoms with van der Waals surface area (Å²) in [4.78, 5) is 14.9. The van der Waals surface area contributed by atoms with E-state index in [4.69, 9.17) is 26.7 Å². The Kier molecular flexibility index (Phi) is 9.75. The van der Waals surface area contributed by atoms with Crippen LogP contribution < -0.4 is 15.5 Å². The molecule has 10 heteroatoms. The molecule has 0 saturated carbocycles. The minimum Gasteiger partial charge on any atom is -0.361 e. The van der Waals surface area contributed by atoms with Gasteiger partial charge in [0.15, 0.2) is 5.82 Å². The maximum absolute atomic E-state index is 5.70. The summed E-state index contributed by atoms with van der Waals surface area (Å²) in [5.74, 6) is 2.44. The fourth-order valence-electron chi connectivity index (χ4n) is 4.65. The fourth-order valence-corrected chi connectivity index (χ4v) is 6.14. The number of hydrogen-bond acceptors (Lipinski definition) is 9. The van der Waals surface area contributed by atoms with Gasteiger partial charge in [-0.1, -0.05) is 61.2 Å². The third kappa shape index (κ3) is 6.72. The van der Waals surface area contributed by atoms with Gasteiger partial charge in [-0.15, -0.1) is 0 Å². The largest absolute Gasteiger partial charge is 0.361 e. The molecule has 0 amide bonds. The zero-order chi connectivity index (χ0) is 27.2. The van der Waals surface area contributed by atoms with Crippen molar-refractivity contribution in [2.75, 3.05) is 51.2 Å². The number of likely N-dealkylation sites (N-methyl/N-ethyl adjacent to an activating group) is 1. The first-order chi connectivity index (χ1) is 18.3. The number of aromatic nitrogens is 3. The molecule has 0 atom stereocenters. The molecule has 1 saturated heterocycles. The number of thiocarbonyl (C=S) groups is 1. The number of anilines is 1. The Labute approximate surface area is 236 Å². The Hall–Kier alpha value is -2.53. The topological polar surface area (TPSA) is 82.3 Å². The molecule has 1 aliphatic heterocycles. The van der Waals surface area contributed by atoms with Crippen molar-refractivity contribution in [3.05, 3.63) is 46.8 Å². The molecular weight excluding hydrogens is 514 g/mol. The van der Waals surface area contributed by atoms with Crippen molar-refractivity contribution in [3.63, 3.8) is 0 Å². The summed E-state index contributed by atoms with van der Waals surface area (Å²) in [6.45, 7) is 16.5. The predicted molar refractivity (Wildman–Crippen MR) is 162 cm³/mol. The van der Waals surface area contributed by atoms with Crippen LogP contribution in [-0.2, 0) is 6.54 Å². The van der Waals surface area contributed by atoms with Crippen LogP contribution >= 0.6 is 24.0 Å². The van der Waals surface area contributed by atoms with Gasteiger partial charge in [-0.25, -0.2) is 9.97 Å². The number of nitrogens with one attached hydrogen (secondary N) is 2. The molecule has 3 aromatic rings. The second kappa shape index (κ2) is 13.0. The average Bonchev–Trinajstić information content (AvgIpc) is 3.24. The first-order valence-corrected chi connectivity index (χ1v) is 14.5. The third-order valence-corrected chi connectivity index (χ3v) is 8.11. The Morgan fingerprint density at radius 3 is 2.53 bits per heavy atom. The standard InChI is InChI=1S/C28H39N7OS2/c1-18(2)38-28(37)35-14-12-34(13-15-35)27-19(3)25(24-20(4)33-36-21(24)5)31-26(32-27)23-9-7-8-22(16-23)17-30-11-10-29-6/h7-9,16,18,29-30H,10-15,17H2,1-6H3. The molecule has 2 N–H and O–H groups in total. The second-order valence-electron chi connectivity index (χ2n) is 9.93. The fraction of sp³-hybridized carbons (Fsp3) is 0.500. The Morgan fingerprint density at radius 1 is 1.11 bits per heavy atom. The Balaban J connectivity index is 1.68. The lowest BCUT2D eigenvalue weighted by molar-refractivity contribution is 0.393. The highest BCUT2D eigenvalue weighted by atomic mass is 32.2. The van der Waals surface area contributed by atoms with Crippen LogP contribution in [0, 0.1) is 20.8 Å². The molecule has 38 heavy (non-hydrogen) atoms. The molecule has 4 rings (SSSR count). The number of thioether (sulfide) groups is 1. The lowest BCUT2D eigenvalue weighted by atomic mass is 10.0. The highest BCUT2D eigenvalue weighted by Crippen LogP contribution is 2.35. The van der Waals surface area contributed by atoms with Gasteiger partial charge in [0.05, 0.1) is 17.0 Å². The van der Waals surface area contributed by atoms with E-state index in [0.717, 1.165) is 89.8 Å². The van der Waals surface area contributed by atoms with Gasteiger partial charge in [0, 0.05) is 62.2 Å². The zero-order valence-corrected chi connectivity index (χ0v) is 24.9. The molecule has 2 aromatic heterocycles. The van der Waals surface area contributed by atoms with Crippen LogP contribution in [0.5, 0.6) is 0 Å². The number of nitrogens with zero attached hydrogens (tertiary/aromatic N) is 5. The summed E-state index contributed by atoms with van der Waals surface area (Å²) in [7, 11) is 1.96. The van der Waals surface area contributed by atoms with E-state index in [1.807, 2.05) is 20.9 Å². The number of hydrogen-bond donors (Lipinski definition) is 2. The summed E-state index contributed by atoms with van der Waals surface area (Å²) in [6, 6.07) is 8.48. The summed E-state index contributed by atoms with van der Waals surface area (Å²) in [6.07, 6.45) is 0. The zero-order valence-electron chi connectivity index (χ0n) is 23.3. The molecule has 0 bridgehead atoms. The molecule has 0 unspecified atom stereocenters. The minimum atomic E-state index is 0.485. The molecule has 8 nitrogen and oxygen atoms in total. The van der Waals surface area contributed by atoms with Gasteiger partial charge in [-0.05, 0) is 39.4 Å². The van der Waals surface area contributed by atoms with Crippen molar-refractivity contribution < 1.29 is 4.52 Å². The molecule has 3 heterocycles. The Morgan fingerprint density at radius 2 is 1.87 bits per heavy atom. The van der Waals surface area contributed by atoms with Crippen LogP contribution in [0.25, 0.3) is 22.6 Å². The number of rotatable bonds is 9. The van der Waals surface area contributed by atoms with E-state index in [1.54, 1.807) is 11.8 Å². The summed E-state index contributed by atoms with van der Waals surface area (Å²) in [5, 5.41) is 11.3. The monoisotopic (exact) mass is 553 g/mol. The first kappa shape index (κ1) is 28.5. The van der Waals surface area contributed by atoms with Gasteiger partial charge < -0.3 is 25.0 Å². The number of aryl methyl sites for hydroxylation is 2. The summed E-state index contributed by atoms with van der Waals surface area (Å²) >= 11 is 7.46. The highest BCUT2D eigenvalue weighted by Gasteiger charge is 2.26. The van der Waals surface area contributed by atoms with Crippen LogP contribution in [0.15, 0.2) is 28.8 Å². The molecule has 0 aliphatic carbocycles. The number of benzene rings is 1. The maximum Gasteiger partial charge on any atom is 0.162 e. The van der Waals surface area contributed by atoms with Crippen LogP contribution in [0.2, 0.25) is 0 Å². The van der Waals surface area contributed by atoms with Gasteiger partial charge in [0.1, 0.15) is 15.9 Å². The van der Waals surface area contributed by atoms with Crippen molar-refractivity contribution in [2.24, 2.45) is 0 Å². The van der Waals surface area contributed by atoms with Crippen molar-refractivity contribution in [1.29, 1.82) is 0 Å². The van der Waals surface area contributed by atoms with E-state index in [1.165, 1.54) is 5.56 Å². The molecule has 1 aliphatic rings. The predicted octanol–water partition coefficient (Wildman–Crippen LogP) is 4.58. The maximum atomic E-state index is 5.70. The van der Waals surface area contributed by atoms with E-state index < -0.39 is 0 Å². The van der Waals surface area contributed by atoms with Crippen LogP contribution in [0.4, 0.5) is 5.82 Å². The second-order valence-corrected chi connectivity index (χ2v) is 12.1. The number of piperazine rings is 1. The van der Waals surface area contributed by atoms with Crippen molar-refractivity contribution >= 4 is 34.1 Å². The van der Waals surface area contributed by atoms with E-state index in [9.17, 15) is 0 Å². The van der Waals surface area contributed by atoms with E-state index in [0.29, 0.717) is 11.1 Å². The van der Waals surface area contributed by atoms with E-state index in [-0.39, 0.29) is 0 Å². The molecule has 0 radical (unpaired) electrons. The molecule has 0 spiro atoms. The van der Waals surface area contributed by atoms with E-state index >= 15 is 0 Å².